The first-order valence-corrected chi connectivity index (χ1v) is 6.49. The zero-order valence-electron chi connectivity index (χ0n) is 9.39. The summed E-state index contributed by atoms with van der Waals surface area (Å²) in [5, 5.41) is 3.63. The quantitative estimate of drug-likeness (QED) is 0.855. The molecule has 0 aliphatic carbocycles. The monoisotopic (exact) mass is 243 g/mol. The average Bonchev–Trinajstić information content (AvgIpc) is 2.32. The molecule has 16 heavy (non-hydrogen) atoms. The van der Waals surface area contributed by atoms with Crippen LogP contribution in [0, 0.1) is 11.6 Å². The largest absolute Gasteiger partial charge is 0.312 e. The first kappa shape index (κ1) is 11.9. The van der Waals surface area contributed by atoms with Crippen molar-refractivity contribution in [1.29, 1.82) is 0 Å². The maximum atomic E-state index is 13.6. The third-order valence-corrected chi connectivity index (χ3v) is 4.58. The summed E-state index contributed by atoms with van der Waals surface area (Å²) in [6.07, 6.45) is 1.02. The van der Waals surface area contributed by atoms with Crippen LogP contribution in [0.2, 0.25) is 0 Å². The molecular weight excluding hydrogens is 228 g/mol. The van der Waals surface area contributed by atoms with Crippen LogP contribution in [0.3, 0.4) is 0 Å². The Hall–Kier alpha value is -0.610. The highest BCUT2D eigenvalue weighted by atomic mass is 32.2. The van der Waals surface area contributed by atoms with Gasteiger partial charge in [0.05, 0.1) is 0 Å². The van der Waals surface area contributed by atoms with E-state index in [1.807, 2.05) is 7.05 Å². The molecule has 4 heteroatoms. The summed E-state index contributed by atoms with van der Waals surface area (Å²) in [5.74, 6) is -0.862. The van der Waals surface area contributed by atoms with Gasteiger partial charge < -0.3 is 5.32 Å². The van der Waals surface area contributed by atoms with Crippen LogP contribution in [0.15, 0.2) is 12.1 Å². The molecule has 1 aliphatic rings. The standard InChI is InChI=1S/C12H15F2NS/c1-3-10-12(15-2)7-4-5-9(13)11(14)8(7)6-16-10/h4-5,10,12,15H,3,6H2,1-2H3. The van der Waals surface area contributed by atoms with Crippen molar-refractivity contribution < 1.29 is 8.78 Å². The molecule has 0 bridgehead atoms. The second-order valence-corrected chi connectivity index (χ2v) is 5.18. The molecule has 0 fully saturated rings. The van der Waals surface area contributed by atoms with Crippen molar-refractivity contribution >= 4 is 11.8 Å². The number of thioether (sulfide) groups is 1. The van der Waals surface area contributed by atoms with E-state index >= 15 is 0 Å². The highest BCUT2D eigenvalue weighted by Crippen LogP contribution is 2.40. The lowest BCUT2D eigenvalue weighted by Gasteiger charge is -2.32. The number of fused-ring (bicyclic) bond motifs is 1. The number of hydrogen-bond donors (Lipinski definition) is 1. The van der Waals surface area contributed by atoms with Crippen LogP contribution in [0.4, 0.5) is 8.78 Å². The van der Waals surface area contributed by atoms with Gasteiger partial charge in [-0.1, -0.05) is 13.0 Å². The van der Waals surface area contributed by atoms with Crippen molar-refractivity contribution in [3.8, 4) is 0 Å². The molecule has 0 spiro atoms. The first-order valence-electron chi connectivity index (χ1n) is 5.44. The van der Waals surface area contributed by atoms with Crippen LogP contribution in [0.25, 0.3) is 0 Å². The van der Waals surface area contributed by atoms with E-state index in [9.17, 15) is 8.78 Å². The van der Waals surface area contributed by atoms with E-state index in [0.717, 1.165) is 12.0 Å². The number of nitrogens with one attached hydrogen (secondary N) is 1. The Bertz CT molecular complexity index is 395. The zero-order valence-corrected chi connectivity index (χ0v) is 10.2. The Morgan fingerprint density at radius 3 is 2.81 bits per heavy atom. The van der Waals surface area contributed by atoms with Gasteiger partial charge in [-0.05, 0) is 25.1 Å². The normalized spacial score (nSPS) is 24.2. The van der Waals surface area contributed by atoms with Gasteiger partial charge in [0.15, 0.2) is 11.6 Å². The lowest BCUT2D eigenvalue weighted by Crippen LogP contribution is -2.31. The van der Waals surface area contributed by atoms with E-state index in [2.05, 4.69) is 12.2 Å². The molecule has 0 saturated carbocycles. The van der Waals surface area contributed by atoms with Gasteiger partial charge in [0.25, 0.3) is 0 Å². The van der Waals surface area contributed by atoms with Crippen molar-refractivity contribution in [2.75, 3.05) is 7.05 Å². The highest BCUT2D eigenvalue weighted by molar-refractivity contribution is 7.99. The van der Waals surface area contributed by atoms with Crippen LogP contribution in [0.1, 0.15) is 30.5 Å². The molecule has 1 aromatic carbocycles. The molecule has 1 aliphatic heterocycles. The summed E-state index contributed by atoms with van der Waals surface area (Å²) < 4.78 is 26.7. The molecule has 1 nitrogen and oxygen atoms in total. The summed E-state index contributed by atoms with van der Waals surface area (Å²) in [6.45, 7) is 2.12. The Balaban J connectivity index is 2.46. The summed E-state index contributed by atoms with van der Waals surface area (Å²) in [4.78, 5) is 0. The molecule has 1 N–H and O–H groups in total. The SMILES string of the molecule is CCC1SCc2c(ccc(F)c2F)C1NC. The minimum absolute atomic E-state index is 0.119. The van der Waals surface area contributed by atoms with Crippen LogP contribution in [-0.2, 0) is 5.75 Å². The lowest BCUT2D eigenvalue weighted by atomic mass is 9.96. The topological polar surface area (TPSA) is 12.0 Å². The fraction of sp³-hybridized carbons (Fsp3) is 0.500. The number of halogens is 2. The van der Waals surface area contributed by atoms with Gasteiger partial charge in [-0.2, -0.15) is 11.8 Å². The van der Waals surface area contributed by atoms with Crippen molar-refractivity contribution in [2.24, 2.45) is 0 Å². The smallest absolute Gasteiger partial charge is 0.163 e. The molecule has 2 rings (SSSR count). The lowest BCUT2D eigenvalue weighted by molar-refractivity contribution is 0.485. The number of rotatable bonds is 2. The Morgan fingerprint density at radius 1 is 1.44 bits per heavy atom. The van der Waals surface area contributed by atoms with Gasteiger partial charge >= 0.3 is 0 Å². The van der Waals surface area contributed by atoms with E-state index in [0.29, 0.717) is 16.6 Å². The maximum Gasteiger partial charge on any atom is 0.163 e. The molecule has 0 saturated heterocycles. The Kier molecular flexibility index (Phi) is 3.50. The number of benzene rings is 1. The molecule has 2 unspecified atom stereocenters. The predicted octanol–water partition coefficient (Wildman–Crippen LogP) is 3.25. The summed E-state index contributed by atoms with van der Waals surface area (Å²) >= 11 is 1.69. The summed E-state index contributed by atoms with van der Waals surface area (Å²) in [6, 6.07) is 3.05. The molecule has 0 radical (unpaired) electrons. The van der Waals surface area contributed by atoms with Crippen LogP contribution in [-0.4, -0.2) is 12.3 Å². The van der Waals surface area contributed by atoms with E-state index < -0.39 is 11.6 Å². The number of hydrogen-bond acceptors (Lipinski definition) is 2. The van der Waals surface area contributed by atoms with Crippen LogP contribution in [0.5, 0.6) is 0 Å². The van der Waals surface area contributed by atoms with Crippen molar-refractivity contribution in [3.63, 3.8) is 0 Å². The molecule has 2 atom stereocenters. The minimum atomic E-state index is -0.746. The van der Waals surface area contributed by atoms with Crippen LogP contribution < -0.4 is 5.32 Å². The van der Waals surface area contributed by atoms with Crippen molar-refractivity contribution in [1.82, 2.24) is 5.32 Å². The molecule has 0 amide bonds. The second kappa shape index (κ2) is 4.72. The zero-order chi connectivity index (χ0) is 11.7. The van der Waals surface area contributed by atoms with E-state index in [4.69, 9.17) is 0 Å². The summed E-state index contributed by atoms with van der Waals surface area (Å²) in [5.41, 5.74) is 1.43. The Morgan fingerprint density at radius 2 is 2.19 bits per heavy atom. The van der Waals surface area contributed by atoms with Gasteiger partial charge in [-0.15, -0.1) is 0 Å². The van der Waals surface area contributed by atoms with Gasteiger partial charge in [-0.25, -0.2) is 8.78 Å². The van der Waals surface area contributed by atoms with Gasteiger partial charge in [0.2, 0.25) is 0 Å². The Labute approximate surface area is 98.6 Å². The van der Waals surface area contributed by atoms with E-state index in [1.54, 1.807) is 17.8 Å². The molecule has 1 aromatic rings. The van der Waals surface area contributed by atoms with E-state index in [1.165, 1.54) is 6.07 Å². The van der Waals surface area contributed by atoms with Crippen LogP contribution >= 0.6 is 11.8 Å². The first-order chi connectivity index (χ1) is 7.69. The van der Waals surface area contributed by atoms with Gasteiger partial charge in [0.1, 0.15) is 0 Å². The van der Waals surface area contributed by atoms with E-state index in [-0.39, 0.29) is 6.04 Å². The highest BCUT2D eigenvalue weighted by Gasteiger charge is 2.30. The third kappa shape index (κ3) is 1.84. The van der Waals surface area contributed by atoms with Crippen molar-refractivity contribution in [2.45, 2.75) is 30.4 Å². The fourth-order valence-corrected chi connectivity index (χ4v) is 3.61. The minimum Gasteiger partial charge on any atom is -0.312 e. The molecule has 0 aromatic heterocycles. The van der Waals surface area contributed by atoms with Crippen molar-refractivity contribution in [3.05, 3.63) is 34.9 Å². The van der Waals surface area contributed by atoms with Gasteiger partial charge in [0, 0.05) is 22.6 Å². The fourth-order valence-electron chi connectivity index (χ4n) is 2.23. The average molecular weight is 243 g/mol. The summed E-state index contributed by atoms with van der Waals surface area (Å²) in [7, 11) is 1.87. The molecular formula is C12H15F2NS. The molecule has 88 valence electrons. The third-order valence-electron chi connectivity index (χ3n) is 3.09. The van der Waals surface area contributed by atoms with Gasteiger partial charge in [-0.3, -0.25) is 0 Å². The predicted molar refractivity (Wildman–Crippen MR) is 63.5 cm³/mol. The maximum absolute atomic E-state index is 13.6. The molecule has 1 heterocycles. The second-order valence-electron chi connectivity index (χ2n) is 3.95.